The number of likely N-dealkylation sites (N-methyl/N-ethyl adjacent to an activating group) is 1. The molecular weight excluding hydrogens is 275 g/mol. The van der Waals surface area contributed by atoms with Gasteiger partial charge in [0.25, 0.3) is 0 Å². The van der Waals surface area contributed by atoms with Crippen LogP contribution in [-0.2, 0) is 11.3 Å². The highest BCUT2D eigenvalue weighted by atomic mass is 32.1. The second-order valence-corrected chi connectivity index (χ2v) is 5.91. The highest BCUT2D eigenvalue weighted by Gasteiger charge is 2.20. The van der Waals surface area contributed by atoms with E-state index in [1.54, 1.807) is 0 Å². The van der Waals surface area contributed by atoms with Crippen LogP contribution in [0.1, 0.15) is 24.0 Å². The van der Waals surface area contributed by atoms with Crippen LogP contribution in [0.2, 0.25) is 0 Å². The quantitative estimate of drug-likeness (QED) is 0.590. The van der Waals surface area contributed by atoms with Gasteiger partial charge in [-0.05, 0) is 49.6 Å². The third-order valence-electron chi connectivity index (χ3n) is 3.36. The number of benzene rings is 1. The molecule has 0 atom stereocenters. The zero-order chi connectivity index (χ0) is 14.5. The molecule has 0 amide bonds. The van der Waals surface area contributed by atoms with Gasteiger partial charge in [0.15, 0.2) is 0 Å². The largest absolute Gasteiger partial charge is 0.389 e. The number of hydrogen-bond donors (Lipinski definition) is 1. The number of hydrogen-bond acceptors (Lipinski definition) is 3. The van der Waals surface area contributed by atoms with Crippen molar-refractivity contribution in [1.29, 1.82) is 0 Å². The number of rotatable bonds is 8. The molecule has 0 radical (unpaired) electrons. The van der Waals surface area contributed by atoms with E-state index in [1.807, 2.05) is 13.1 Å². The topological polar surface area (TPSA) is 38.5 Å². The number of ether oxygens (including phenoxy) is 1. The minimum Gasteiger partial charge on any atom is -0.389 e. The van der Waals surface area contributed by atoms with Gasteiger partial charge in [-0.1, -0.05) is 12.2 Å². The third-order valence-corrected chi connectivity index (χ3v) is 3.60. The lowest BCUT2D eigenvalue weighted by molar-refractivity contribution is 0.102. The molecule has 0 saturated heterocycles. The van der Waals surface area contributed by atoms with E-state index >= 15 is 0 Å². The van der Waals surface area contributed by atoms with E-state index in [0.29, 0.717) is 18.7 Å². The zero-order valence-corrected chi connectivity index (χ0v) is 12.6. The van der Waals surface area contributed by atoms with Crippen molar-refractivity contribution in [3.05, 3.63) is 35.1 Å². The van der Waals surface area contributed by atoms with E-state index in [1.165, 1.54) is 25.0 Å². The predicted octanol–water partition coefficient (Wildman–Crippen LogP) is 2.32. The smallest absolute Gasteiger partial charge is 0.124 e. The molecule has 0 bridgehead atoms. The van der Waals surface area contributed by atoms with Crippen molar-refractivity contribution in [3.63, 3.8) is 0 Å². The summed E-state index contributed by atoms with van der Waals surface area (Å²) in [5, 5.41) is 0. The lowest BCUT2D eigenvalue weighted by atomic mass is 10.1. The van der Waals surface area contributed by atoms with Crippen molar-refractivity contribution in [2.45, 2.75) is 19.4 Å². The molecule has 1 aliphatic rings. The summed E-state index contributed by atoms with van der Waals surface area (Å²) in [6.45, 7) is 3.07. The fraction of sp³-hybridized carbons (Fsp3) is 0.533. The van der Waals surface area contributed by atoms with Crippen molar-refractivity contribution in [2.24, 2.45) is 11.7 Å². The van der Waals surface area contributed by atoms with E-state index in [-0.39, 0.29) is 10.8 Å². The van der Waals surface area contributed by atoms with Crippen LogP contribution in [0.3, 0.4) is 0 Å². The zero-order valence-electron chi connectivity index (χ0n) is 11.8. The molecule has 110 valence electrons. The number of halogens is 1. The maximum absolute atomic E-state index is 13.5. The average Bonchev–Trinajstić information content (AvgIpc) is 3.18. The van der Waals surface area contributed by atoms with Gasteiger partial charge in [-0.2, -0.15) is 0 Å². The highest BCUT2D eigenvalue weighted by Crippen LogP contribution is 2.28. The minimum absolute atomic E-state index is 0.223. The Balaban J connectivity index is 1.79. The Hall–Kier alpha value is -1.04. The van der Waals surface area contributed by atoms with Crippen LogP contribution in [0.25, 0.3) is 0 Å². The average molecular weight is 296 g/mol. The predicted molar refractivity (Wildman–Crippen MR) is 82.2 cm³/mol. The summed E-state index contributed by atoms with van der Waals surface area (Å²) in [5.74, 6) is 0.486. The van der Waals surface area contributed by atoms with Gasteiger partial charge in [0.2, 0.25) is 0 Å². The van der Waals surface area contributed by atoms with Crippen LogP contribution in [0.15, 0.2) is 18.2 Å². The molecular formula is C15H21FN2OS. The van der Waals surface area contributed by atoms with Crippen molar-refractivity contribution in [1.82, 2.24) is 4.90 Å². The summed E-state index contributed by atoms with van der Waals surface area (Å²) in [5.41, 5.74) is 7.00. The van der Waals surface area contributed by atoms with E-state index in [4.69, 9.17) is 22.7 Å². The molecule has 1 fully saturated rings. The molecule has 0 spiro atoms. The first-order chi connectivity index (χ1) is 9.54. The summed E-state index contributed by atoms with van der Waals surface area (Å²) in [4.78, 5) is 2.33. The van der Waals surface area contributed by atoms with Gasteiger partial charge in [0.05, 0.1) is 6.61 Å². The van der Waals surface area contributed by atoms with Crippen LogP contribution >= 0.6 is 12.2 Å². The Labute approximate surface area is 124 Å². The molecule has 0 aliphatic heterocycles. The minimum atomic E-state index is -0.302. The second kappa shape index (κ2) is 7.11. The molecule has 0 unspecified atom stereocenters. The van der Waals surface area contributed by atoms with Gasteiger partial charge in [0.1, 0.15) is 10.8 Å². The van der Waals surface area contributed by atoms with Crippen LogP contribution in [0.5, 0.6) is 0 Å². The van der Waals surface area contributed by atoms with Crippen LogP contribution in [0.4, 0.5) is 4.39 Å². The van der Waals surface area contributed by atoms with E-state index < -0.39 is 0 Å². The molecule has 20 heavy (non-hydrogen) atoms. The molecule has 1 aliphatic carbocycles. The highest BCUT2D eigenvalue weighted by molar-refractivity contribution is 7.80. The maximum Gasteiger partial charge on any atom is 0.124 e. The molecule has 5 heteroatoms. The van der Waals surface area contributed by atoms with Gasteiger partial charge >= 0.3 is 0 Å². The van der Waals surface area contributed by atoms with Crippen LogP contribution in [0, 0.1) is 11.7 Å². The molecule has 1 aromatic rings. The normalized spacial score (nSPS) is 14.8. The van der Waals surface area contributed by atoms with Gasteiger partial charge in [-0.25, -0.2) is 4.39 Å². The summed E-state index contributed by atoms with van der Waals surface area (Å²) in [6.07, 6.45) is 2.61. The van der Waals surface area contributed by atoms with Gasteiger partial charge in [-0.3, -0.25) is 4.90 Å². The van der Waals surface area contributed by atoms with Crippen molar-refractivity contribution < 1.29 is 9.13 Å². The molecule has 0 heterocycles. The fourth-order valence-electron chi connectivity index (χ4n) is 2.03. The molecule has 2 N–H and O–H groups in total. The number of thiocarbonyl (C=S) groups is 1. The molecule has 2 rings (SSSR count). The first-order valence-electron chi connectivity index (χ1n) is 6.90. The Kier molecular flexibility index (Phi) is 5.46. The molecule has 1 saturated carbocycles. The van der Waals surface area contributed by atoms with Crippen molar-refractivity contribution >= 4 is 17.2 Å². The Morgan fingerprint density at radius 2 is 2.20 bits per heavy atom. The SMILES string of the molecule is CN(CCOCC1CC1)Cc1cc(F)cc(C(N)=S)c1. The fourth-order valence-corrected chi connectivity index (χ4v) is 2.15. The number of nitrogens with zero attached hydrogens (tertiary/aromatic N) is 1. The lowest BCUT2D eigenvalue weighted by Gasteiger charge is -2.17. The van der Waals surface area contributed by atoms with E-state index in [2.05, 4.69) is 4.90 Å². The summed E-state index contributed by atoms with van der Waals surface area (Å²) in [7, 11) is 1.99. The van der Waals surface area contributed by atoms with Crippen LogP contribution in [-0.4, -0.2) is 36.7 Å². The van der Waals surface area contributed by atoms with Crippen molar-refractivity contribution in [3.8, 4) is 0 Å². The second-order valence-electron chi connectivity index (χ2n) is 5.47. The van der Waals surface area contributed by atoms with Gasteiger partial charge in [-0.15, -0.1) is 0 Å². The number of nitrogens with two attached hydrogens (primary N) is 1. The molecule has 3 nitrogen and oxygen atoms in total. The Morgan fingerprint density at radius 3 is 2.85 bits per heavy atom. The standard InChI is InChI=1S/C15H21FN2OS/c1-18(4-5-19-10-11-2-3-11)9-12-6-13(15(17)20)8-14(16)7-12/h6-8,11H,2-5,9-10H2,1H3,(H2,17,20). The molecule has 1 aromatic carbocycles. The molecule has 0 aromatic heterocycles. The third kappa shape index (κ3) is 5.15. The lowest BCUT2D eigenvalue weighted by Crippen LogP contribution is -2.23. The Morgan fingerprint density at radius 1 is 1.45 bits per heavy atom. The first kappa shape index (κ1) is 15.4. The first-order valence-corrected chi connectivity index (χ1v) is 7.31. The van der Waals surface area contributed by atoms with Crippen molar-refractivity contribution in [2.75, 3.05) is 26.8 Å². The van der Waals surface area contributed by atoms with E-state index in [0.717, 1.165) is 24.6 Å². The Bertz CT molecular complexity index is 477. The van der Waals surface area contributed by atoms with Gasteiger partial charge < -0.3 is 10.5 Å². The monoisotopic (exact) mass is 296 g/mol. The maximum atomic E-state index is 13.5. The van der Waals surface area contributed by atoms with E-state index in [9.17, 15) is 4.39 Å². The van der Waals surface area contributed by atoms with Gasteiger partial charge in [0, 0.05) is 25.3 Å². The summed E-state index contributed by atoms with van der Waals surface area (Å²) >= 11 is 4.89. The summed E-state index contributed by atoms with van der Waals surface area (Å²) in [6, 6.07) is 4.72. The van der Waals surface area contributed by atoms with Crippen LogP contribution < -0.4 is 5.73 Å². The summed E-state index contributed by atoms with van der Waals surface area (Å²) < 4.78 is 19.1.